The molecule has 23 heavy (non-hydrogen) atoms. The Morgan fingerprint density at radius 2 is 2.00 bits per heavy atom. The number of nitrogens with zero attached hydrogens (tertiary/aromatic N) is 1. The largest absolute Gasteiger partial charge is 0.322 e. The molecule has 5 heteroatoms. The molecule has 0 aliphatic carbocycles. The summed E-state index contributed by atoms with van der Waals surface area (Å²) in [5.41, 5.74) is 3.21. The lowest BCUT2D eigenvalue weighted by Crippen LogP contribution is -2.24. The first-order valence-electron chi connectivity index (χ1n) is 7.53. The van der Waals surface area contributed by atoms with E-state index in [0.29, 0.717) is 12.0 Å². The molecule has 0 bridgehead atoms. The fourth-order valence-corrected chi connectivity index (χ4v) is 3.25. The van der Waals surface area contributed by atoms with E-state index < -0.39 is 0 Å². The van der Waals surface area contributed by atoms with Crippen LogP contribution in [0.25, 0.3) is 0 Å². The fraction of sp³-hybridized carbons (Fsp3) is 0.222. The molecule has 1 aliphatic heterocycles. The molecule has 118 valence electrons. The number of anilines is 2. The summed E-state index contributed by atoms with van der Waals surface area (Å²) in [5.74, 6) is -0.0000226. The molecule has 0 radical (unpaired) electrons. The summed E-state index contributed by atoms with van der Waals surface area (Å²) in [6.45, 7) is 2.72. The molecule has 1 aliphatic rings. The van der Waals surface area contributed by atoms with Crippen LogP contribution in [0.5, 0.6) is 0 Å². The number of nitrogens with one attached hydrogen (secondary N) is 1. The van der Waals surface area contributed by atoms with Crippen LogP contribution in [0.3, 0.4) is 0 Å². The van der Waals surface area contributed by atoms with Gasteiger partial charge < -0.3 is 10.2 Å². The van der Waals surface area contributed by atoms with Crippen LogP contribution in [0.2, 0.25) is 0 Å². The number of hydrogen-bond donors (Lipinski definition) is 1. The molecule has 2 aromatic rings. The number of rotatable bonds is 3. The Hall–Kier alpha value is -2.14. The van der Waals surface area contributed by atoms with E-state index in [1.54, 1.807) is 6.07 Å². The van der Waals surface area contributed by atoms with Gasteiger partial charge in [0.15, 0.2) is 0 Å². The first kappa shape index (κ1) is 15.7. The molecule has 0 spiro atoms. The van der Waals surface area contributed by atoms with Crippen LogP contribution in [0, 0.1) is 6.92 Å². The second-order valence-corrected chi connectivity index (χ2v) is 6.44. The molecule has 1 fully saturated rings. The topological polar surface area (TPSA) is 49.4 Å². The van der Waals surface area contributed by atoms with Gasteiger partial charge in [-0.1, -0.05) is 12.1 Å². The highest BCUT2D eigenvalue weighted by Crippen LogP contribution is 2.28. The molecule has 3 rings (SSSR count). The number of carbonyl (C=O) groups is 2. The minimum Gasteiger partial charge on any atom is -0.322 e. The highest BCUT2D eigenvalue weighted by Gasteiger charge is 2.23. The van der Waals surface area contributed by atoms with E-state index in [4.69, 9.17) is 0 Å². The number of hydrogen-bond acceptors (Lipinski definition) is 2. The van der Waals surface area contributed by atoms with Gasteiger partial charge >= 0.3 is 0 Å². The van der Waals surface area contributed by atoms with Gasteiger partial charge in [0.05, 0.1) is 5.56 Å². The zero-order valence-electron chi connectivity index (χ0n) is 12.8. The third kappa shape index (κ3) is 3.29. The lowest BCUT2D eigenvalue weighted by Gasteiger charge is -2.19. The average Bonchev–Trinajstić information content (AvgIpc) is 2.94. The molecule has 1 N–H and O–H groups in total. The van der Waals surface area contributed by atoms with Crippen molar-refractivity contribution in [3.63, 3.8) is 0 Å². The van der Waals surface area contributed by atoms with Gasteiger partial charge in [0.25, 0.3) is 5.91 Å². The van der Waals surface area contributed by atoms with Crippen molar-refractivity contribution >= 4 is 39.1 Å². The van der Waals surface area contributed by atoms with Gasteiger partial charge in [0.1, 0.15) is 0 Å². The maximum atomic E-state index is 12.3. The Bertz CT molecular complexity index is 773. The van der Waals surface area contributed by atoms with Crippen LogP contribution in [-0.2, 0) is 4.79 Å². The van der Waals surface area contributed by atoms with E-state index in [1.807, 2.05) is 48.2 Å². The standard InChI is InChI=1S/C18H17BrN2O2/c1-12-11-13(8-9-16(12)21-10-4-7-17(21)22)20-18(23)14-5-2-3-6-15(14)19/h2-3,5-6,8-9,11H,4,7,10H2,1H3,(H,20,23). The monoisotopic (exact) mass is 372 g/mol. The smallest absolute Gasteiger partial charge is 0.256 e. The molecule has 0 aromatic heterocycles. The van der Waals surface area contributed by atoms with Gasteiger partial charge in [-0.3, -0.25) is 9.59 Å². The normalized spacial score (nSPS) is 14.2. The van der Waals surface area contributed by atoms with E-state index in [0.717, 1.165) is 34.4 Å². The number of amides is 2. The predicted octanol–water partition coefficient (Wildman–Crippen LogP) is 4.14. The van der Waals surface area contributed by atoms with E-state index in [1.165, 1.54) is 0 Å². The molecular formula is C18H17BrN2O2. The molecule has 1 heterocycles. The third-order valence-electron chi connectivity index (χ3n) is 3.94. The van der Waals surface area contributed by atoms with Gasteiger partial charge in [0.2, 0.25) is 5.91 Å². The van der Waals surface area contributed by atoms with E-state index in [2.05, 4.69) is 21.2 Å². The van der Waals surface area contributed by atoms with Crippen LogP contribution < -0.4 is 10.2 Å². The molecular weight excluding hydrogens is 356 g/mol. The average molecular weight is 373 g/mol. The Morgan fingerprint density at radius 3 is 2.65 bits per heavy atom. The van der Waals surface area contributed by atoms with E-state index in [9.17, 15) is 9.59 Å². The first-order valence-corrected chi connectivity index (χ1v) is 8.32. The summed E-state index contributed by atoms with van der Waals surface area (Å²) >= 11 is 3.38. The van der Waals surface area contributed by atoms with Gasteiger partial charge in [-0.25, -0.2) is 0 Å². The summed E-state index contributed by atoms with van der Waals surface area (Å²) in [6, 6.07) is 12.9. The highest BCUT2D eigenvalue weighted by molar-refractivity contribution is 9.10. The lowest BCUT2D eigenvalue weighted by molar-refractivity contribution is -0.117. The molecule has 1 saturated heterocycles. The SMILES string of the molecule is Cc1cc(NC(=O)c2ccccc2Br)ccc1N1CCCC1=O. The summed E-state index contributed by atoms with van der Waals surface area (Å²) in [5, 5.41) is 2.90. The van der Waals surface area contributed by atoms with Crippen LogP contribution in [0.15, 0.2) is 46.9 Å². The van der Waals surface area contributed by atoms with Crippen LogP contribution in [-0.4, -0.2) is 18.4 Å². The second-order valence-electron chi connectivity index (χ2n) is 5.58. The Morgan fingerprint density at radius 1 is 1.22 bits per heavy atom. The zero-order valence-corrected chi connectivity index (χ0v) is 14.4. The predicted molar refractivity (Wildman–Crippen MR) is 94.9 cm³/mol. The van der Waals surface area contributed by atoms with Gasteiger partial charge in [-0.05, 0) is 65.2 Å². The Kier molecular flexibility index (Phi) is 4.48. The summed E-state index contributed by atoms with van der Waals surface area (Å²) < 4.78 is 0.758. The van der Waals surface area contributed by atoms with Crippen LogP contribution >= 0.6 is 15.9 Å². The van der Waals surface area contributed by atoms with Crippen LogP contribution in [0.4, 0.5) is 11.4 Å². The minimum absolute atomic E-state index is 0.165. The van der Waals surface area contributed by atoms with Gasteiger partial charge in [-0.2, -0.15) is 0 Å². The molecule has 0 saturated carbocycles. The quantitative estimate of drug-likeness (QED) is 0.879. The summed E-state index contributed by atoms with van der Waals surface area (Å²) in [6.07, 6.45) is 1.51. The highest BCUT2D eigenvalue weighted by atomic mass is 79.9. The van der Waals surface area contributed by atoms with Crippen molar-refractivity contribution in [3.8, 4) is 0 Å². The van der Waals surface area contributed by atoms with Crippen molar-refractivity contribution in [2.24, 2.45) is 0 Å². The summed E-state index contributed by atoms with van der Waals surface area (Å²) in [4.78, 5) is 26.0. The molecule has 2 aromatic carbocycles. The Balaban J connectivity index is 1.79. The van der Waals surface area contributed by atoms with Crippen molar-refractivity contribution < 1.29 is 9.59 Å². The van der Waals surface area contributed by atoms with E-state index >= 15 is 0 Å². The molecule has 2 amide bonds. The van der Waals surface area contributed by atoms with Crippen LogP contribution in [0.1, 0.15) is 28.8 Å². The van der Waals surface area contributed by atoms with E-state index in [-0.39, 0.29) is 11.8 Å². The lowest BCUT2D eigenvalue weighted by atomic mass is 10.1. The third-order valence-corrected chi connectivity index (χ3v) is 4.63. The molecule has 0 atom stereocenters. The van der Waals surface area contributed by atoms with Gasteiger partial charge in [0, 0.05) is 28.8 Å². The molecule has 4 nitrogen and oxygen atoms in total. The second kappa shape index (κ2) is 6.54. The zero-order chi connectivity index (χ0) is 16.4. The number of benzene rings is 2. The Labute approximate surface area is 143 Å². The van der Waals surface area contributed by atoms with Crippen molar-refractivity contribution in [1.29, 1.82) is 0 Å². The fourth-order valence-electron chi connectivity index (χ4n) is 2.78. The number of carbonyl (C=O) groups excluding carboxylic acids is 2. The maximum absolute atomic E-state index is 12.3. The van der Waals surface area contributed by atoms with Crippen molar-refractivity contribution in [2.75, 3.05) is 16.8 Å². The van der Waals surface area contributed by atoms with Crippen molar-refractivity contribution in [1.82, 2.24) is 0 Å². The summed E-state index contributed by atoms with van der Waals surface area (Å²) in [7, 11) is 0. The van der Waals surface area contributed by atoms with Crippen molar-refractivity contribution in [2.45, 2.75) is 19.8 Å². The number of halogens is 1. The van der Waals surface area contributed by atoms with Gasteiger partial charge in [-0.15, -0.1) is 0 Å². The minimum atomic E-state index is -0.165. The first-order chi connectivity index (χ1) is 11.1. The maximum Gasteiger partial charge on any atom is 0.256 e. The number of aryl methyl sites for hydroxylation is 1. The van der Waals surface area contributed by atoms with Crippen molar-refractivity contribution in [3.05, 3.63) is 58.1 Å². The molecule has 0 unspecified atom stereocenters.